The molecule has 1 aliphatic heterocycles. The van der Waals surface area contributed by atoms with Crippen molar-refractivity contribution in [2.24, 2.45) is 0 Å². The van der Waals surface area contributed by atoms with Crippen molar-refractivity contribution in [3.05, 3.63) is 28.2 Å². The summed E-state index contributed by atoms with van der Waals surface area (Å²) in [5.41, 5.74) is 0. The lowest BCUT2D eigenvalue weighted by Crippen LogP contribution is -2.35. The van der Waals surface area contributed by atoms with Gasteiger partial charge in [-0.2, -0.15) is 0 Å². The highest BCUT2D eigenvalue weighted by molar-refractivity contribution is 6.42. The van der Waals surface area contributed by atoms with Crippen LogP contribution in [0.5, 0.6) is 5.75 Å². The van der Waals surface area contributed by atoms with E-state index in [0.717, 1.165) is 19.4 Å². The van der Waals surface area contributed by atoms with Crippen LogP contribution in [0.1, 0.15) is 12.8 Å². The Hall–Kier alpha value is -0.970. The van der Waals surface area contributed by atoms with Gasteiger partial charge in [0.15, 0.2) is 6.61 Å². The molecule has 0 aromatic heterocycles. The summed E-state index contributed by atoms with van der Waals surface area (Å²) < 4.78 is 10.7. The number of carbonyl (C=O) groups excluding carboxylic acids is 1. The third kappa shape index (κ3) is 4.27. The molecule has 0 unspecified atom stereocenters. The molecule has 1 amide bonds. The molecule has 1 heterocycles. The first kappa shape index (κ1) is 14.4. The van der Waals surface area contributed by atoms with Crippen molar-refractivity contribution in [1.29, 1.82) is 0 Å². The van der Waals surface area contributed by atoms with E-state index in [9.17, 15) is 4.79 Å². The summed E-state index contributed by atoms with van der Waals surface area (Å²) in [6.07, 6.45) is 2.16. The number of ether oxygens (including phenoxy) is 2. The van der Waals surface area contributed by atoms with Gasteiger partial charge in [-0.3, -0.25) is 4.79 Å². The molecule has 1 saturated heterocycles. The first-order chi connectivity index (χ1) is 9.16. The molecule has 1 aromatic rings. The number of hydrogen-bond donors (Lipinski definition) is 1. The predicted molar refractivity (Wildman–Crippen MR) is 73.9 cm³/mol. The molecule has 6 heteroatoms. The summed E-state index contributed by atoms with van der Waals surface area (Å²) in [6.45, 7) is 1.20. The van der Waals surface area contributed by atoms with E-state index in [-0.39, 0.29) is 18.6 Å². The van der Waals surface area contributed by atoms with Crippen LogP contribution in [-0.4, -0.2) is 31.8 Å². The van der Waals surface area contributed by atoms with Gasteiger partial charge in [0.25, 0.3) is 5.91 Å². The van der Waals surface area contributed by atoms with Gasteiger partial charge in [-0.15, -0.1) is 0 Å². The number of halogens is 2. The summed E-state index contributed by atoms with van der Waals surface area (Å²) in [4.78, 5) is 11.6. The van der Waals surface area contributed by atoms with Gasteiger partial charge in [0.1, 0.15) is 10.8 Å². The number of rotatable bonds is 5. The Bertz CT molecular complexity index is 448. The van der Waals surface area contributed by atoms with Crippen LogP contribution in [0.25, 0.3) is 0 Å². The highest BCUT2D eigenvalue weighted by Crippen LogP contribution is 2.31. The molecule has 1 aromatic carbocycles. The molecule has 0 spiro atoms. The van der Waals surface area contributed by atoms with Crippen molar-refractivity contribution in [3.63, 3.8) is 0 Å². The Morgan fingerprint density at radius 3 is 3.05 bits per heavy atom. The molecule has 4 nitrogen and oxygen atoms in total. The van der Waals surface area contributed by atoms with Gasteiger partial charge in [0.2, 0.25) is 0 Å². The molecule has 0 aliphatic carbocycles. The molecule has 104 valence electrons. The SMILES string of the molecule is O=C(COc1cccc(Cl)c1Cl)NC[C@@H]1CCCO1. The topological polar surface area (TPSA) is 47.6 Å². The molecule has 0 bridgehead atoms. The summed E-state index contributed by atoms with van der Waals surface area (Å²) >= 11 is 11.8. The van der Waals surface area contributed by atoms with Gasteiger partial charge in [0.05, 0.1) is 11.1 Å². The summed E-state index contributed by atoms with van der Waals surface area (Å²) in [5, 5.41) is 3.48. The number of benzene rings is 1. The molecular weight excluding hydrogens is 289 g/mol. The molecule has 0 radical (unpaired) electrons. The Labute approximate surface area is 122 Å². The number of carbonyl (C=O) groups is 1. The van der Waals surface area contributed by atoms with Crippen molar-refractivity contribution in [2.45, 2.75) is 18.9 Å². The molecule has 2 rings (SSSR count). The maximum absolute atomic E-state index is 11.6. The van der Waals surface area contributed by atoms with E-state index >= 15 is 0 Å². The second-order valence-corrected chi connectivity index (χ2v) is 5.06. The molecule has 1 N–H and O–H groups in total. The minimum Gasteiger partial charge on any atom is -0.482 e. The molecule has 1 aliphatic rings. The fourth-order valence-corrected chi connectivity index (χ4v) is 2.17. The smallest absolute Gasteiger partial charge is 0.258 e. The lowest BCUT2D eigenvalue weighted by Gasteiger charge is -2.12. The van der Waals surface area contributed by atoms with Crippen LogP contribution in [0.2, 0.25) is 10.0 Å². The standard InChI is InChI=1S/C13H15Cl2NO3/c14-10-4-1-5-11(13(10)15)19-8-12(17)16-7-9-3-2-6-18-9/h1,4-5,9H,2-3,6-8H2,(H,16,17)/t9-/m0/s1. The average Bonchev–Trinajstić information content (AvgIpc) is 2.91. The maximum atomic E-state index is 11.6. The fraction of sp³-hybridized carbons (Fsp3) is 0.462. The lowest BCUT2D eigenvalue weighted by molar-refractivity contribution is -0.123. The van der Waals surface area contributed by atoms with Gasteiger partial charge in [-0.1, -0.05) is 29.3 Å². The van der Waals surface area contributed by atoms with Gasteiger partial charge in [-0.05, 0) is 25.0 Å². The zero-order chi connectivity index (χ0) is 13.7. The van der Waals surface area contributed by atoms with E-state index < -0.39 is 0 Å². The molecular formula is C13H15Cl2NO3. The van der Waals surface area contributed by atoms with Crippen LogP contribution in [0.15, 0.2) is 18.2 Å². The Morgan fingerprint density at radius 1 is 1.47 bits per heavy atom. The van der Waals surface area contributed by atoms with Crippen LogP contribution in [0.4, 0.5) is 0 Å². The van der Waals surface area contributed by atoms with Crippen molar-refractivity contribution in [3.8, 4) is 5.75 Å². The Kier molecular flexibility index (Phi) is 5.31. The second kappa shape index (κ2) is 6.98. The zero-order valence-corrected chi connectivity index (χ0v) is 11.8. The Balaban J connectivity index is 1.75. The van der Waals surface area contributed by atoms with Gasteiger partial charge in [-0.25, -0.2) is 0 Å². The predicted octanol–water partition coefficient (Wildman–Crippen LogP) is 2.67. The number of amides is 1. The van der Waals surface area contributed by atoms with E-state index in [0.29, 0.717) is 22.3 Å². The quantitative estimate of drug-likeness (QED) is 0.910. The van der Waals surface area contributed by atoms with E-state index in [1.165, 1.54) is 0 Å². The second-order valence-electron chi connectivity index (χ2n) is 4.28. The maximum Gasteiger partial charge on any atom is 0.258 e. The third-order valence-corrected chi connectivity index (χ3v) is 3.63. The van der Waals surface area contributed by atoms with Gasteiger partial charge >= 0.3 is 0 Å². The van der Waals surface area contributed by atoms with E-state index in [1.54, 1.807) is 18.2 Å². The fourth-order valence-electron chi connectivity index (χ4n) is 1.82. The van der Waals surface area contributed by atoms with E-state index in [2.05, 4.69) is 5.32 Å². The zero-order valence-electron chi connectivity index (χ0n) is 10.3. The Morgan fingerprint density at radius 2 is 2.32 bits per heavy atom. The summed E-state index contributed by atoms with van der Waals surface area (Å²) in [5.74, 6) is 0.202. The largest absolute Gasteiger partial charge is 0.482 e. The highest BCUT2D eigenvalue weighted by atomic mass is 35.5. The van der Waals surface area contributed by atoms with Crippen molar-refractivity contribution >= 4 is 29.1 Å². The number of hydrogen-bond acceptors (Lipinski definition) is 3. The van der Waals surface area contributed by atoms with Crippen LogP contribution < -0.4 is 10.1 Å². The normalized spacial score (nSPS) is 18.3. The summed E-state index contributed by atoms with van der Waals surface area (Å²) in [7, 11) is 0. The van der Waals surface area contributed by atoms with Crippen LogP contribution in [0, 0.1) is 0 Å². The summed E-state index contributed by atoms with van der Waals surface area (Å²) in [6, 6.07) is 5.05. The third-order valence-electron chi connectivity index (χ3n) is 2.83. The average molecular weight is 304 g/mol. The first-order valence-corrected chi connectivity index (χ1v) is 6.87. The van der Waals surface area contributed by atoms with Crippen LogP contribution >= 0.6 is 23.2 Å². The molecule has 1 fully saturated rings. The van der Waals surface area contributed by atoms with Crippen LogP contribution in [0.3, 0.4) is 0 Å². The van der Waals surface area contributed by atoms with E-state index in [1.807, 2.05) is 0 Å². The van der Waals surface area contributed by atoms with Crippen molar-refractivity contribution in [1.82, 2.24) is 5.32 Å². The highest BCUT2D eigenvalue weighted by Gasteiger charge is 2.16. The van der Waals surface area contributed by atoms with E-state index in [4.69, 9.17) is 32.7 Å². The molecule has 1 atom stereocenters. The minimum absolute atomic E-state index is 0.0905. The lowest BCUT2D eigenvalue weighted by atomic mass is 10.2. The van der Waals surface area contributed by atoms with Crippen LogP contribution in [-0.2, 0) is 9.53 Å². The molecule has 19 heavy (non-hydrogen) atoms. The van der Waals surface area contributed by atoms with Crippen molar-refractivity contribution < 1.29 is 14.3 Å². The number of nitrogens with one attached hydrogen (secondary N) is 1. The molecule has 0 saturated carbocycles. The first-order valence-electron chi connectivity index (χ1n) is 6.12. The monoisotopic (exact) mass is 303 g/mol. The van der Waals surface area contributed by atoms with Gasteiger partial charge < -0.3 is 14.8 Å². The van der Waals surface area contributed by atoms with Gasteiger partial charge in [0, 0.05) is 13.2 Å². The van der Waals surface area contributed by atoms with Crippen molar-refractivity contribution in [2.75, 3.05) is 19.8 Å². The minimum atomic E-state index is -0.202.